The summed E-state index contributed by atoms with van der Waals surface area (Å²) in [4.78, 5) is 12.9. The van der Waals surface area contributed by atoms with Gasteiger partial charge in [0.25, 0.3) is 0 Å². The van der Waals surface area contributed by atoms with Crippen LogP contribution in [0.2, 0.25) is 0 Å². The van der Waals surface area contributed by atoms with E-state index in [9.17, 15) is 4.79 Å². The summed E-state index contributed by atoms with van der Waals surface area (Å²) in [5, 5.41) is 11.0. The molecule has 2 aromatic carbocycles. The molecule has 2 amide bonds. The Kier molecular flexibility index (Phi) is 5.95. The van der Waals surface area contributed by atoms with Crippen LogP contribution in [0.1, 0.15) is 47.7 Å². The van der Waals surface area contributed by atoms with E-state index in [4.69, 9.17) is 4.74 Å². The molecule has 166 valence electrons. The summed E-state index contributed by atoms with van der Waals surface area (Å²) in [7, 11) is 0. The number of aromatic nitrogens is 2. The minimum Gasteiger partial charge on any atom is -0.380 e. The Morgan fingerprint density at radius 2 is 1.91 bits per heavy atom. The van der Waals surface area contributed by atoms with E-state index in [0.29, 0.717) is 13.2 Å². The highest BCUT2D eigenvalue weighted by Crippen LogP contribution is 2.33. The molecule has 2 N–H and O–H groups in total. The van der Waals surface area contributed by atoms with Crippen LogP contribution in [0.3, 0.4) is 0 Å². The van der Waals surface area contributed by atoms with E-state index in [1.807, 2.05) is 30.5 Å². The lowest BCUT2D eigenvalue weighted by Gasteiger charge is -2.29. The van der Waals surface area contributed by atoms with Gasteiger partial charge in [-0.1, -0.05) is 60.7 Å². The molecule has 2 heterocycles. The molecular weight excluding hydrogens is 400 g/mol. The molecule has 0 saturated carbocycles. The fourth-order valence-corrected chi connectivity index (χ4v) is 4.99. The van der Waals surface area contributed by atoms with Crippen LogP contribution in [0, 0.1) is 0 Å². The van der Waals surface area contributed by atoms with Crippen LogP contribution >= 0.6 is 0 Å². The van der Waals surface area contributed by atoms with Crippen molar-refractivity contribution in [2.24, 2.45) is 0 Å². The highest BCUT2D eigenvalue weighted by molar-refractivity contribution is 5.74. The Hall–Kier alpha value is -3.12. The molecule has 2 unspecified atom stereocenters. The van der Waals surface area contributed by atoms with Gasteiger partial charge < -0.3 is 15.4 Å². The molecule has 1 fully saturated rings. The molecule has 6 heteroatoms. The number of carbonyl (C=O) groups excluding carboxylic acids is 1. The highest BCUT2D eigenvalue weighted by atomic mass is 16.5. The monoisotopic (exact) mass is 430 g/mol. The number of hydrogen-bond acceptors (Lipinski definition) is 3. The summed E-state index contributed by atoms with van der Waals surface area (Å²) in [5.41, 5.74) is 4.67. The van der Waals surface area contributed by atoms with E-state index in [-0.39, 0.29) is 17.5 Å². The van der Waals surface area contributed by atoms with Crippen LogP contribution in [0.4, 0.5) is 4.79 Å². The molecule has 1 saturated heterocycles. The van der Waals surface area contributed by atoms with Crippen molar-refractivity contribution in [2.75, 3.05) is 19.8 Å². The largest absolute Gasteiger partial charge is 0.380 e. The summed E-state index contributed by atoms with van der Waals surface area (Å²) >= 11 is 0. The predicted molar refractivity (Wildman–Crippen MR) is 124 cm³/mol. The van der Waals surface area contributed by atoms with Gasteiger partial charge in [-0.25, -0.2) is 4.79 Å². The summed E-state index contributed by atoms with van der Waals surface area (Å²) < 4.78 is 7.79. The van der Waals surface area contributed by atoms with Crippen LogP contribution in [0.25, 0.3) is 0 Å². The number of fused-ring (bicyclic) bond motifs is 1. The van der Waals surface area contributed by atoms with Gasteiger partial charge in [-0.3, -0.25) is 4.68 Å². The van der Waals surface area contributed by atoms with Gasteiger partial charge >= 0.3 is 6.03 Å². The maximum atomic E-state index is 12.9. The molecule has 1 aliphatic heterocycles. The third-order valence-corrected chi connectivity index (χ3v) is 6.82. The van der Waals surface area contributed by atoms with Crippen LogP contribution in [-0.2, 0) is 23.1 Å². The van der Waals surface area contributed by atoms with Gasteiger partial charge in [0.1, 0.15) is 0 Å². The van der Waals surface area contributed by atoms with E-state index in [1.54, 1.807) is 0 Å². The zero-order valence-corrected chi connectivity index (χ0v) is 18.3. The summed E-state index contributed by atoms with van der Waals surface area (Å²) in [6, 6.07) is 20.6. The van der Waals surface area contributed by atoms with Crippen LogP contribution in [0.15, 0.2) is 66.9 Å². The molecule has 0 radical (unpaired) electrons. The number of amides is 2. The number of rotatable bonds is 6. The van der Waals surface area contributed by atoms with Gasteiger partial charge in [0.05, 0.1) is 25.4 Å². The predicted octanol–water partition coefficient (Wildman–Crippen LogP) is 3.97. The molecular formula is C26H30N4O2. The smallest absolute Gasteiger partial charge is 0.315 e. The van der Waals surface area contributed by atoms with E-state index >= 15 is 0 Å². The number of hydrogen-bond donors (Lipinski definition) is 2. The topological polar surface area (TPSA) is 68.2 Å². The third kappa shape index (κ3) is 4.28. The van der Waals surface area contributed by atoms with Gasteiger partial charge in [0, 0.05) is 29.8 Å². The van der Waals surface area contributed by atoms with Crippen molar-refractivity contribution in [3.63, 3.8) is 0 Å². The third-order valence-electron chi connectivity index (χ3n) is 6.82. The van der Waals surface area contributed by atoms with Gasteiger partial charge in [-0.05, 0) is 36.8 Å². The fraction of sp³-hybridized carbons (Fsp3) is 0.385. The maximum absolute atomic E-state index is 12.9. The highest BCUT2D eigenvalue weighted by Gasteiger charge is 2.37. The Bertz CT molecular complexity index is 1040. The summed E-state index contributed by atoms with van der Waals surface area (Å²) in [5.74, 6) is 0. The van der Waals surface area contributed by atoms with Crippen molar-refractivity contribution in [2.45, 2.75) is 43.7 Å². The van der Waals surface area contributed by atoms with Crippen LogP contribution in [-0.4, -0.2) is 35.6 Å². The zero-order valence-electron chi connectivity index (χ0n) is 18.3. The minimum atomic E-state index is -0.156. The lowest BCUT2D eigenvalue weighted by Crippen LogP contribution is -2.46. The molecule has 0 spiro atoms. The van der Waals surface area contributed by atoms with Gasteiger partial charge in [0.15, 0.2) is 0 Å². The number of urea groups is 1. The molecule has 6 nitrogen and oxygen atoms in total. The molecule has 3 aromatic rings. The first-order chi connectivity index (χ1) is 15.7. The average molecular weight is 431 g/mol. The standard InChI is InChI=1S/C26H30N4O2/c31-25(27-18-26(14-15-32-19-26)21-10-5-2-6-11-21)29-23-12-7-13-24-22(23)16-28-30(24)17-20-8-3-1-4-9-20/h1-6,8-11,16,23H,7,12-15,17-19H2,(H2,27,29,31). The van der Waals surface area contributed by atoms with E-state index in [2.05, 4.69) is 56.8 Å². The lowest BCUT2D eigenvalue weighted by atomic mass is 9.80. The molecule has 1 aromatic heterocycles. The SMILES string of the molecule is O=C(NCC1(c2ccccc2)CCOC1)NC1CCCc2c1cnn2Cc1ccccc1. The minimum absolute atomic E-state index is 0.00391. The molecule has 0 bridgehead atoms. The van der Waals surface area contributed by atoms with Crippen LogP contribution in [0.5, 0.6) is 0 Å². The molecule has 32 heavy (non-hydrogen) atoms. The molecule has 2 aliphatic rings. The van der Waals surface area contributed by atoms with Gasteiger partial charge in [0.2, 0.25) is 0 Å². The Morgan fingerprint density at radius 3 is 2.66 bits per heavy atom. The quantitative estimate of drug-likeness (QED) is 0.622. The molecule has 1 aliphatic carbocycles. The van der Waals surface area contributed by atoms with Crippen molar-refractivity contribution in [3.05, 3.63) is 89.2 Å². The number of carbonyl (C=O) groups is 1. The molecule has 2 atom stereocenters. The summed E-state index contributed by atoms with van der Waals surface area (Å²) in [6.07, 6.45) is 5.82. The fourth-order valence-electron chi connectivity index (χ4n) is 4.99. The Morgan fingerprint density at radius 1 is 1.12 bits per heavy atom. The maximum Gasteiger partial charge on any atom is 0.315 e. The summed E-state index contributed by atoms with van der Waals surface area (Å²) in [6.45, 7) is 2.69. The van der Waals surface area contributed by atoms with E-state index in [1.165, 1.54) is 16.8 Å². The van der Waals surface area contributed by atoms with Crippen molar-refractivity contribution < 1.29 is 9.53 Å². The van der Waals surface area contributed by atoms with Gasteiger partial charge in [-0.15, -0.1) is 0 Å². The van der Waals surface area contributed by atoms with E-state index < -0.39 is 0 Å². The molecule has 5 rings (SSSR count). The first kappa shape index (κ1) is 20.8. The van der Waals surface area contributed by atoms with Crippen molar-refractivity contribution in [1.29, 1.82) is 0 Å². The van der Waals surface area contributed by atoms with Crippen molar-refractivity contribution in [1.82, 2.24) is 20.4 Å². The van der Waals surface area contributed by atoms with Gasteiger partial charge in [-0.2, -0.15) is 5.10 Å². The zero-order chi connectivity index (χ0) is 21.8. The van der Waals surface area contributed by atoms with Crippen molar-refractivity contribution in [3.8, 4) is 0 Å². The first-order valence-electron chi connectivity index (χ1n) is 11.5. The van der Waals surface area contributed by atoms with E-state index in [0.717, 1.165) is 44.4 Å². The second kappa shape index (κ2) is 9.17. The number of nitrogens with zero attached hydrogens (tertiary/aromatic N) is 2. The number of ether oxygens (including phenoxy) is 1. The Balaban J connectivity index is 1.24. The van der Waals surface area contributed by atoms with Crippen LogP contribution < -0.4 is 10.6 Å². The normalized spacial score (nSPS) is 22.3. The Labute approximate surface area is 189 Å². The first-order valence-corrected chi connectivity index (χ1v) is 11.5. The lowest BCUT2D eigenvalue weighted by molar-refractivity contribution is 0.175. The second-order valence-corrected chi connectivity index (χ2v) is 8.91. The average Bonchev–Trinajstić information content (AvgIpc) is 3.48. The van der Waals surface area contributed by atoms with Crippen molar-refractivity contribution >= 4 is 6.03 Å². The second-order valence-electron chi connectivity index (χ2n) is 8.91. The number of nitrogens with one attached hydrogen (secondary N) is 2. The number of benzene rings is 2.